The molecule has 33 heavy (non-hydrogen) atoms. The molecule has 0 aliphatic rings. The molecule has 2 aromatic heterocycles. The molecule has 0 saturated heterocycles. The molecule has 0 bridgehead atoms. The van der Waals surface area contributed by atoms with Gasteiger partial charge in [0.25, 0.3) is 5.91 Å². The Morgan fingerprint density at radius 2 is 1.73 bits per heavy atom. The number of rotatable bonds is 5. The van der Waals surface area contributed by atoms with E-state index in [1.807, 2.05) is 88.5 Å². The number of amides is 1. The molecule has 168 valence electrons. The number of fused-ring (bicyclic) bond motifs is 1. The van der Waals surface area contributed by atoms with Gasteiger partial charge in [-0.05, 0) is 52.0 Å². The number of aryl methyl sites for hydroxylation is 1. The standard InChI is InChI=1S/C27H28N4O2/c1-17-11-12-18(15-28-17)20-13-21-23(14-24(20)33-5)29-16-22(26(32)31-27(2,3)4)25(21)30-19-9-7-6-8-10-19/h6-16H,1-5H3,(H,29,30)(H,31,32). The van der Waals surface area contributed by atoms with Gasteiger partial charge in [-0.2, -0.15) is 0 Å². The molecule has 0 spiro atoms. The summed E-state index contributed by atoms with van der Waals surface area (Å²) in [5.74, 6) is 0.503. The van der Waals surface area contributed by atoms with Crippen molar-refractivity contribution in [3.05, 3.63) is 78.2 Å². The van der Waals surface area contributed by atoms with Gasteiger partial charge in [-0.1, -0.05) is 24.3 Å². The summed E-state index contributed by atoms with van der Waals surface area (Å²) in [5, 5.41) is 7.31. The Morgan fingerprint density at radius 3 is 2.36 bits per heavy atom. The van der Waals surface area contributed by atoms with Crippen LogP contribution in [0.5, 0.6) is 5.75 Å². The van der Waals surface area contributed by atoms with Crippen LogP contribution in [0.15, 0.2) is 67.0 Å². The van der Waals surface area contributed by atoms with Crippen molar-refractivity contribution < 1.29 is 9.53 Å². The van der Waals surface area contributed by atoms with Crippen molar-refractivity contribution in [2.75, 3.05) is 12.4 Å². The van der Waals surface area contributed by atoms with Crippen LogP contribution in [0.4, 0.5) is 11.4 Å². The summed E-state index contributed by atoms with van der Waals surface area (Å²) in [5.41, 5.74) is 5.13. The molecule has 2 heterocycles. The Labute approximate surface area is 194 Å². The zero-order valence-electron chi connectivity index (χ0n) is 19.6. The van der Waals surface area contributed by atoms with Crippen LogP contribution in [-0.2, 0) is 0 Å². The monoisotopic (exact) mass is 440 g/mol. The Bertz CT molecular complexity index is 1290. The minimum absolute atomic E-state index is 0.190. The van der Waals surface area contributed by atoms with Crippen molar-refractivity contribution in [1.29, 1.82) is 0 Å². The number of nitrogens with zero attached hydrogens (tertiary/aromatic N) is 2. The van der Waals surface area contributed by atoms with E-state index in [4.69, 9.17) is 4.74 Å². The van der Waals surface area contributed by atoms with Crippen molar-refractivity contribution in [2.24, 2.45) is 0 Å². The molecule has 0 aliphatic carbocycles. The van der Waals surface area contributed by atoms with Gasteiger partial charge in [0.2, 0.25) is 0 Å². The van der Waals surface area contributed by atoms with Gasteiger partial charge in [-0.3, -0.25) is 14.8 Å². The van der Waals surface area contributed by atoms with E-state index in [1.54, 1.807) is 13.3 Å². The third kappa shape index (κ3) is 4.95. The second-order valence-corrected chi connectivity index (χ2v) is 9.00. The first-order chi connectivity index (χ1) is 15.7. The molecule has 0 atom stereocenters. The number of pyridine rings is 2. The van der Waals surface area contributed by atoms with Gasteiger partial charge in [-0.15, -0.1) is 0 Å². The normalized spacial score (nSPS) is 11.3. The second-order valence-electron chi connectivity index (χ2n) is 9.00. The molecular formula is C27H28N4O2. The summed E-state index contributed by atoms with van der Waals surface area (Å²) in [6.07, 6.45) is 3.44. The molecule has 6 nitrogen and oxygen atoms in total. The maximum Gasteiger partial charge on any atom is 0.255 e. The zero-order chi connectivity index (χ0) is 23.6. The molecule has 0 aliphatic heterocycles. The molecule has 2 N–H and O–H groups in total. The minimum atomic E-state index is -0.380. The Hall–Kier alpha value is -3.93. The summed E-state index contributed by atoms with van der Waals surface area (Å²) in [6.45, 7) is 7.82. The predicted molar refractivity (Wildman–Crippen MR) is 133 cm³/mol. The molecule has 4 aromatic rings. The van der Waals surface area contributed by atoms with E-state index in [2.05, 4.69) is 20.6 Å². The summed E-state index contributed by atoms with van der Waals surface area (Å²) in [4.78, 5) is 22.2. The molecule has 4 rings (SSSR count). The number of aromatic nitrogens is 2. The van der Waals surface area contributed by atoms with Gasteiger partial charge in [0, 0.05) is 51.9 Å². The summed E-state index contributed by atoms with van der Waals surface area (Å²) in [6, 6.07) is 17.7. The molecule has 0 unspecified atom stereocenters. The molecular weight excluding hydrogens is 412 g/mol. The Balaban J connectivity index is 1.95. The number of hydrogen-bond donors (Lipinski definition) is 2. The summed E-state index contributed by atoms with van der Waals surface area (Å²) in [7, 11) is 1.64. The van der Waals surface area contributed by atoms with Crippen molar-refractivity contribution in [3.63, 3.8) is 0 Å². The lowest BCUT2D eigenvalue weighted by Gasteiger charge is -2.22. The van der Waals surface area contributed by atoms with Gasteiger partial charge >= 0.3 is 0 Å². The van der Waals surface area contributed by atoms with Crippen molar-refractivity contribution in [1.82, 2.24) is 15.3 Å². The van der Waals surface area contributed by atoms with E-state index in [-0.39, 0.29) is 11.4 Å². The number of benzene rings is 2. The number of methoxy groups -OCH3 is 1. The van der Waals surface area contributed by atoms with Crippen LogP contribution >= 0.6 is 0 Å². The van der Waals surface area contributed by atoms with Crippen LogP contribution < -0.4 is 15.4 Å². The van der Waals surface area contributed by atoms with Gasteiger partial charge < -0.3 is 15.4 Å². The lowest BCUT2D eigenvalue weighted by Crippen LogP contribution is -2.40. The molecule has 2 aromatic carbocycles. The topological polar surface area (TPSA) is 76.1 Å². The number of para-hydroxylation sites is 1. The van der Waals surface area contributed by atoms with E-state index >= 15 is 0 Å². The fourth-order valence-electron chi connectivity index (χ4n) is 3.62. The lowest BCUT2D eigenvalue weighted by molar-refractivity contribution is 0.0920. The second kappa shape index (κ2) is 8.90. The first-order valence-corrected chi connectivity index (χ1v) is 10.8. The summed E-state index contributed by atoms with van der Waals surface area (Å²) >= 11 is 0. The lowest BCUT2D eigenvalue weighted by atomic mass is 10.00. The number of ether oxygens (including phenoxy) is 1. The SMILES string of the molecule is COc1cc2ncc(C(=O)NC(C)(C)C)c(Nc3ccccc3)c2cc1-c1ccc(C)nc1. The Kier molecular flexibility index (Phi) is 6.01. The van der Waals surface area contributed by atoms with Crippen molar-refractivity contribution >= 4 is 28.2 Å². The van der Waals surface area contributed by atoms with Crippen LogP contribution in [-0.4, -0.2) is 28.5 Å². The first kappa shape index (κ1) is 22.3. The quantitative estimate of drug-likeness (QED) is 0.405. The highest BCUT2D eigenvalue weighted by Crippen LogP contribution is 2.38. The number of carbonyl (C=O) groups is 1. The molecule has 1 amide bonds. The first-order valence-electron chi connectivity index (χ1n) is 10.8. The van der Waals surface area contributed by atoms with Gasteiger partial charge in [0.15, 0.2) is 0 Å². The average Bonchev–Trinajstić information content (AvgIpc) is 2.78. The third-order valence-corrected chi connectivity index (χ3v) is 5.19. The van der Waals surface area contributed by atoms with Gasteiger partial charge in [0.05, 0.1) is 23.9 Å². The summed E-state index contributed by atoms with van der Waals surface area (Å²) < 4.78 is 5.67. The largest absolute Gasteiger partial charge is 0.496 e. The van der Waals surface area contributed by atoms with Crippen LogP contribution in [0.25, 0.3) is 22.0 Å². The molecule has 0 saturated carbocycles. The maximum atomic E-state index is 13.2. The molecule has 6 heteroatoms. The maximum absolute atomic E-state index is 13.2. The predicted octanol–water partition coefficient (Wildman–Crippen LogP) is 5.89. The highest BCUT2D eigenvalue weighted by atomic mass is 16.5. The fourth-order valence-corrected chi connectivity index (χ4v) is 3.62. The average molecular weight is 441 g/mol. The van der Waals surface area contributed by atoms with Crippen LogP contribution in [0.1, 0.15) is 36.8 Å². The number of carbonyl (C=O) groups excluding carboxylic acids is 1. The van der Waals surface area contributed by atoms with Gasteiger partial charge in [-0.25, -0.2) is 0 Å². The zero-order valence-corrected chi connectivity index (χ0v) is 19.6. The number of hydrogen-bond acceptors (Lipinski definition) is 5. The van der Waals surface area contributed by atoms with E-state index in [9.17, 15) is 4.79 Å². The highest BCUT2D eigenvalue weighted by molar-refractivity contribution is 6.09. The minimum Gasteiger partial charge on any atom is -0.496 e. The number of anilines is 2. The third-order valence-electron chi connectivity index (χ3n) is 5.19. The highest BCUT2D eigenvalue weighted by Gasteiger charge is 2.22. The molecule has 0 radical (unpaired) electrons. The number of nitrogens with one attached hydrogen (secondary N) is 2. The van der Waals surface area contributed by atoms with Crippen LogP contribution in [0.2, 0.25) is 0 Å². The van der Waals surface area contributed by atoms with Crippen LogP contribution in [0, 0.1) is 6.92 Å². The van der Waals surface area contributed by atoms with E-state index in [0.29, 0.717) is 17.0 Å². The van der Waals surface area contributed by atoms with E-state index in [0.717, 1.165) is 33.4 Å². The Morgan fingerprint density at radius 1 is 0.970 bits per heavy atom. The van der Waals surface area contributed by atoms with Crippen molar-refractivity contribution in [2.45, 2.75) is 33.2 Å². The van der Waals surface area contributed by atoms with Gasteiger partial charge in [0.1, 0.15) is 5.75 Å². The van der Waals surface area contributed by atoms with Crippen molar-refractivity contribution in [3.8, 4) is 16.9 Å². The van der Waals surface area contributed by atoms with E-state index < -0.39 is 0 Å². The molecule has 0 fully saturated rings. The smallest absolute Gasteiger partial charge is 0.255 e. The van der Waals surface area contributed by atoms with Crippen LogP contribution in [0.3, 0.4) is 0 Å². The fraction of sp³-hybridized carbons (Fsp3) is 0.222. The van der Waals surface area contributed by atoms with E-state index in [1.165, 1.54) is 0 Å².